The molecular weight excluding hydrogens is 326 g/mol. The minimum atomic E-state index is 0.0153. The topological polar surface area (TPSA) is 38.8 Å². The molecule has 2 aliphatic rings. The summed E-state index contributed by atoms with van der Waals surface area (Å²) in [6.45, 7) is 5.09. The van der Waals surface area contributed by atoms with Gasteiger partial charge in [-0.2, -0.15) is 0 Å². The highest BCUT2D eigenvalue weighted by atomic mass is 16.5. The first-order valence-electron chi connectivity index (χ1n) is 8.70. The lowest BCUT2D eigenvalue weighted by atomic mass is 10.0. The number of amides is 1. The largest absolute Gasteiger partial charge is 0.493 e. The van der Waals surface area contributed by atoms with Gasteiger partial charge in [0.2, 0.25) is 0 Å². The third-order valence-corrected chi connectivity index (χ3v) is 4.85. The predicted molar refractivity (Wildman–Crippen MR) is 101 cm³/mol. The van der Waals surface area contributed by atoms with Crippen LogP contribution in [0.4, 0.5) is 0 Å². The van der Waals surface area contributed by atoms with E-state index in [0.717, 1.165) is 23.1 Å². The van der Waals surface area contributed by atoms with Gasteiger partial charge in [-0.25, -0.2) is 0 Å². The summed E-state index contributed by atoms with van der Waals surface area (Å²) < 4.78 is 11.5. The number of nitrogens with zero attached hydrogens (tertiary/aromatic N) is 1. The van der Waals surface area contributed by atoms with Gasteiger partial charge in [0.1, 0.15) is 6.61 Å². The Bertz CT molecular complexity index is 886. The fraction of sp³-hybridized carbons (Fsp3) is 0.227. The number of hydrogen-bond acceptors (Lipinski definition) is 3. The van der Waals surface area contributed by atoms with E-state index in [1.807, 2.05) is 47.4 Å². The zero-order valence-corrected chi connectivity index (χ0v) is 14.8. The summed E-state index contributed by atoms with van der Waals surface area (Å²) in [5.74, 6) is 1.22. The van der Waals surface area contributed by atoms with Gasteiger partial charge < -0.3 is 14.4 Å². The van der Waals surface area contributed by atoms with Crippen molar-refractivity contribution < 1.29 is 14.3 Å². The Morgan fingerprint density at radius 2 is 2.00 bits per heavy atom. The number of carbonyl (C=O) groups excluding carboxylic acids is 1. The number of fused-ring (bicyclic) bond motifs is 2. The summed E-state index contributed by atoms with van der Waals surface area (Å²) in [5.41, 5.74) is 3.67. The Labute approximate surface area is 153 Å². The van der Waals surface area contributed by atoms with Crippen LogP contribution in [-0.2, 0) is 6.61 Å². The first-order chi connectivity index (χ1) is 12.7. The zero-order chi connectivity index (χ0) is 18.1. The van der Waals surface area contributed by atoms with E-state index in [1.165, 1.54) is 0 Å². The molecule has 4 heteroatoms. The van der Waals surface area contributed by atoms with Crippen molar-refractivity contribution in [2.24, 2.45) is 0 Å². The highest BCUT2D eigenvalue weighted by molar-refractivity contribution is 6.00. The van der Waals surface area contributed by atoms with Gasteiger partial charge in [-0.3, -0.25) is 4.79 Å². The van der Waals surface area contributed by atoms with Gasteiger partial charge in [-0.15, -0.1) is 0 Å². The molecule has 0 aromatic heterocycles. The van der Waals surface area contributed by atoms with Gasteiger partial charge in [0.05, 0.1) is 18.7 Å². The van der Waals surface area contributed by atoms with E-state index >= 15 is 0 Å². The van der Waals surface area contributed by atoms with Crippen molar-refractivity contribution in [1.82, 2.24) is 4.90 Å². The lowest BCUT2D eigenvalue weighted by Crippen LogP contribution is -2.33. The highest BCUT2D eigenvalue weighted by Crippen LogP contribution is 2.36. The van der Waals surface area contributed by atoms with Crippen molar-refractivity contribution in [2.75, 3.05) is 13.7 Å². The second-order valence-electron chi connectivity index (χ2n) is 6.68. The van der Waals surface area contributed by atoms with E-state index in [2.05, 4.69) is 12.7 Å². The van der Waals surface area contributed by atoms with Crippen LogP contribution in [0.5, 0.6) is 11.5 Å². The number of carbonyl (C=O) groups is 1. The van der Waals surface area contributed by atoms with Crippen molar-refractivity contribution in [1.29, 1.82) is 0 Å². The highest BCUT2D eigenvalue weighted by Gasteiger charge is 2.33. The average molecular weight is 347 g/mol. The maximum atomic E-state index is 13.0. The molecule has 0 saturated carbocycles. The summed E-state index contributed by atoms with van der Waals surface area (Å²) in [6.07, 6.45) is 4.91. The number of ether oxygens (including phenoxy) is 2. The minimum absolute atomic E-state index is 0.0153. The number of rotatable bonds is 4. The summed E-state index contributed by atoms with van der Waals surface area (Å²) in [7, 11) is 1.59. The summed E-state index contributed by atoms with van der Waals surface area (Å²) in [6, 6.07) is 13.7. The Morgan fingerprint density at radius 1 is 1.19 bits per heavy atom. The third-order valence-electron chi connectivity index (χ3n) is 4.85. The summed E-state index contributed by atoms with van der Waals surface area (Å²) >= 11 is 0. The molecular formula is C22H21NO3. The second-order valence-corrected chi connectivity index (χ2v) is 6.68. The summed E-state index contributed by atoms with van der Waals surface area (Å²) in [5, 5.41) is 0. The lowest BCUT2D eigenvalue weighted by Gasteiger charge is -2.21. The van der Waals surface area contributed by atoms with Gasteiger partial charge in [-0.05, 0) is 29.7 Å². The Kier molecular flexibility index (Phi) is 4.25. The van der Waals surface area contributed by atoms with E-state index in [9.17, 15) is 4.79 Å². The lowest BCUT2D eigenvalue weighted by molar-refractivity contribution is 0.0766. The van der Waals surface area contributed by atoms with Gasteiger partial charge in [0.15, 0.2) is 11.5 Å². The zero-order valence-electron chi connectivity index (χ0n) is 14.8. The smallest absolute Gasteiger partial charge is 0.255 e. The van der Waals surface area contributed by atoms with Crippen LogP contribution in [0, 0.1) is 0 Å². The van der Waals surface area contributed by atoms with Crippen molar-refractivity contribution in [3.8, 4) is 11.5 Å². The SMILES string of the molecule is C=C1CC2C=Cc3cc(OCc4ccccc4)c(OC)cc3C(=O)N2C1. The summed E-state index contributed by atoms with van der Waals surface area (Å²) in [4.78, 5) is 14.8. The molecule has 2 heterocycles. The maximum absolute atomic E-state index is 13.0. The molecule has 4 nitrogen and oxygen atoms in total. The van der Waals surface area contributed by atoms with Crippen molar-refractivity contribution >= 4 is 12.0 Å². The molecule has 132 valence electrons. The predicted octanol–water partition coefficient (Wildman–Crippen LogP) is 4.07. The Balaban J connectivity index is 1.66. The molecule has 2 aromatic carbocycles. The van der Waals surface area contributed by atoms with Crippen LogP contribution in [-0.4, -0.2) is 30.5 Å². The third kappa shape index (κ3) is 2.99. The van der Waals surface area contributed by atoms with Gasteiger partial charge in [0, 0.05) is 6.54 Å². The van der Waals surface area contributed by atoms with E-state index in [-0.39, 0.29) is 11.9 Å². The van der Waals surface area contributed by atoms with Crippen LogP contribution in [0.2, 0.25) is 0 Å². The van der Waals surface area contributed by atoms with Crippen LogP contribution >= 0.6 is 0 Å². The number of benzene rings is 2. The fourth-order valence-electron chi connectivity index (χ4n) is 3.50. The molecule has 0 radical (unpaired) electrons. The van der Waals surface area contributed by atoms with E-state index < -0.39 is 0 Å². The Hall–Kier alpha value is -3.01. The van der Waals surface area contributed by atoms with Crippen LogP contribution in [0.1, 0.15) is 27.9 Å². The molecule has 26 heavy (non-hydrogen) atoms. The van der Waals surface area contributed by atoms with E-state index in [4.69, 9.17) is 9.47 Å². The van der Waals surface area contributed by atoms with Crippen molar-refractivity contribution in [3.63, 3.8) is 0 Å². The molecule has 4 rings (SSSR count). The van der Waals surface area contributed by atoms with Crippen LogP contribution in [0.3, 0.4) is 0 Å². The molecule has 0 bridgehead atoms. The van der Waals surface area contributed by atoms with Gasteiger partial charge >= 0.3 is 0 Å². The van der Waals surface area contributed by atoms with Crippen LogP contribution in [0.15, 0.2) is 60.7 Å². The molecule has 0 N–H and O–H groups in total. The molecule has 1 atom stereocenters. The first kappa shape index (κ1) is 16.5. The molecule has 0 aliphatic carbocycles. The standard InChI is InChI=1S/C22H21NO3/c1-15-10-18-9-8-17-11-21(26-14-16-6-4-3-5-7-16)20(25-2)12-19(17)22(24)23(18)13-15/h3-9,11-12,18H,1,10,13-14H2,2H3. The molecule has 1 saturated heterocycles. The van der Waals surface area contributed by atoms with Gasteiger partial charge in [-0.1, -0.05) is 54.6 Å². The maximum Gasteiger partial charge on any atom is 0.255 e. The monoisotopic (exact) mass is 347 g/mol. The Morgan fingerprint density at radius 3 is 2.77 bits per heavy atom. The number of methoxy groups -OCH3 is 1. The molecule has 1 unspecified atom stereocenters. The van der Waals surface area contributed by atoms with E-state index in [1.54, 1.807) is 13.2 Å². The quantitative estimate of drug-likeness (QED) is 0.783. The number of hydrogen-bond donors (Lipinski definition) is 0. The minimum Gasteiger partial charge on any atom is -0.493 e. The molecule has 1 fully saturated rings. The van der Waals surface area contributed by atoms with Crippen LogP contribution in [0.25, 0.3) is 6.08 Å². The van der Waals surface area contributed by atoms with Crippen molar-refractivity contribution in [3.05, 3.63) is 77.4 Å². The van der Waals surface area contributed by atoms with E-state index in [0.29, 0.717) is 30.2 Å². The molecule has 2 aliphatic heterocycles. The molecule has 1 amide bonds. The molecule has 0 spiro atoms. The first-order valence-corrected chi connectivity index (χ1v) is 8.70. The normalized spacial score (nSPS) is 18.3. The fourth-order valence-corrected chi connectivity index (χ4v) is 3.50. The average Bonchev–Trinajstić information content (AvgIpc) is 3.00. The van der Waals surface area contributed by atoms with Crippen molar-refractivity contribution in [2.45, 2.75) is 19.1 Å². The van der Waals surface area contributed by atoms with Crippen LogP contribution < -0.4 is 9.47 Å². The van der Waals surface area contributed by atoms with Gasteiger partial charge in [0.25, 0.3) is 5.91 Å². The molecule has 2 aromatic rings. The second kappa shape index (κ2) is 6.71.